The molecule has 1 saturated heterocycles. The fourth-order valence-electron chi connectivity index (χ4n) is 2.90. The Kier molecular flexibility index (Phi) is 4.83. The van der Waals surface area contributed by atoms with Crippen LogP contribution < -0.4 is 10.6 Å². The molecule has 0 spiro atoms. The molecule has 106 valence electrons. The first-order valence-electron chi connectivity index (χ1n) is 7.39. The molecule has 0 radical (unpaired) electrons. The van der Waals surface area contributed by atoms with E-state index in [0.717, 1.165) is 19.5 Å². The Hall–Kier alpha value is -1.06. The normalized spacial score (nSPS) is 21.7. The van der Waals surface area contributed by atoms with Gasteiger partial charge in [-0.3, -0.25) is 0 Å². The van der Waals surface area contributed by atoms with Gasteiger partial charge < -0.3 is 15.5 Å². The van der Waals surface area contributed by atoms with Gasteiger partial charge in [-0.25, -0.2) is 0 Å². The molecular weight excluding hydrogens is 234 g/mol. The molecule has 1 aromatic carbocycles. The van der Waals surface area contributed by atoms with Crippen molar-refractivity contribution < 1.29 is 0 Å². The van der Waals surface area contributed by atoms with Crippen molar-refractivity contribution in [2.75, 3.05) is 32.1 Å². The van der Waals surface area contributed by atoms with Crippen LogP contribution in [0, 0.1) is 0 Å². The summed E-state index contributed by atoms with van der Waals surface area (Å²) in [6.07, 6.45) is 3.55. The van der Waals surface area contributed by atoms with Gasteiger partial charge in [0.25, 0.3) is 0 Å². The number of nitrogens with zero attached hydrogens (tertiary/aromatic N) is 2. The van der Waals surface area contributed by atoms with Crippen molar-refractivity contribution in [3.63, 3.8) is 0 Å². The van der Waals surface area contributed by atoms with Crippen LogP contribution in [0.15, 0.2) is 24.3 Å². The molecule has 0 saturated carbocycles. The van der Waals surface area contributed by atoms with E-state index in [4.69, 9.17) is 5.73 Å². The smallest absolute Gasteiger partial charge is 0.0415 e. The Morgan fingerprint density at radius 2 is 2.11 bits per heavy atom. The lowest BCUT2D eigenvalue weighted by Gasteiger charge is -2.38. The summed E-state index contributed by atoms with van der Waals surface area (Å²) in [6.45, 7) is 4.42. The number of hydrogen-bond donors (Lipinski definition) is 1. The number of anilines is 1. The highest BCUT2D eigenvalue weighted by Crippen LogP contribution is 2.29. The number of nitrogens with two attached hydrogens (primary N) is 1. The van der Waals surface area contributed by atoms with E-state index in [1.54, 1.807) is 0 Å². The molecule has 1 aliphatic heterocycles. The summed E-state index contributed by atoms with van der Waals surface area (Å²) in [6, 6.07) is 9.43. The fourth-order valence-corrected chi connectivity index (χ4v) is 2.90. The zero-order valence-corrected chi connectivity index (χ0v) is 12.5. The van der Waals surface area contributed by atoms with E-state index in [2.05, 4.69) is 55.1 Å². The predicted molar refractivity (Wildman–Crippen MR) is 82.6 cm³/mol. The maximum atomic E-state index is 6.26. The molecule has 0 aliphatic carbocycles. The van der Waals surface area contributed by atoms with Crippen LogP contribution in [-0.2, 0) is 0 Å². The van der Waals surface area contributed by atoms with E-state index in [-0.39, 0.29) is 6.04 Å². The maximum absolute atomic E-state index is 6.26. The van der Waals surface area contributed by atoms with Crippen LogP contribution in [0.2, 0.25) is 0 Å². The second kappa shape index (κ2) is 6.40. The fraction of sp³-hybridized carbons (Fsp3) is 0.625. The van der Waals surface area contributed by atoms with Gasteiger partial charge in [0.2, 0.25) is 0 Å². The Balaban J connectivity index is 2.21. The minimum atomic E-state index is 0.149. The summed E-state index contributed by atoms with van der Waals surface area (Å²) in [5.41, 5.74) is 8.89. The molecule has 1 aliphatic rings. The summed E-state index contributed by atoms with van der Waals surface area (Å²) < 4.78 is 0. The third kappa shape index (κ3) is 3.28. The quantitative estimate of drug-likeness (QED) is 0.904. The van der Waals surface area contributed by atoms with Gasteiger partial charge in [-0.2, -0.15) is 0 Å². The first-order chi connectivity index (χ1) is 9.13. The minimum absolute atomic E-state index is 0.149. The molecule has 0 amide bonds. The van der Waals surface area contributed by atoms with E-state index in [1.165, 1.54) is 24.1 Å². The third-order valence-corrected chi connectivity index (χ3v) is 4.24. The van der Waals surface area contributed by atoms with Crippen LogP contribution in [0.4, 0.5) is 5.69 Å². The molecule has 2 unspecified atom stereocenters. The summed E-state index contributed by atoms with van der Waals surface area (Å²) >= 11 is 0. The van der Waals surface area contributed by atoms with Gasteiger partial charge in [-0.15, -0.1) is 0 Å². The summed E-state index contributed by atoms with van der Waals surface area (Å²) in [7, 11) is 4.36. The topological polar surface area (TPSA) is 32.5 Å². The van der Waals surface area contributed by atoms with Gasteiger partial charge in [0.1, 0.15) is 0 Å². The van der Waals surface area contributed by atoms with Gasteiger partial charge in [0.05, 0.1) is 0 Å². The van der Waals surface area contributed by atoms with Crippen molar-refractivity contribution in [1.82, 2.24) is 4.90 Å². The number of para-hydroxylation sites is 1. The Labute approximate surface area is 117 Å². The van der Waals surface area contributed by atoms with Gasteiger partial charge in [0.15, 0.2) is 0 Å². The zero-order chi connectivity index (χ0) is 13.8. The molecule has 2 rings (SSSR count). The number of rotatable bonds is 4. The minimum Gasteiger partial charge on any atom is -0.370 e. The highest BCUT2D eigenvalue weighted by atomic mass is 15.2. The number of likely N-dealkylation sites (N-methyl/N-ethyl adjacent to an activating group) is 1. The van der Waals surface area contributed by atoms with Crippen LogP contribution >= 0.6 is 0 Å². The van der Waals surface area contributed by atoms with Gasteiger partial charge >= 0.3 is 0 Å². The van der Waals surface area contributed by atoms with Crippen molar-refractivity contribution in [2.45, 2.75) is 38.3 Å². The van der Waals surface area contributed by atoms with E-state index < -0.39 is 0 Å². The largest absolute Gasteiger partial charge is 0.370 e. The first kappa shape index (κ1) is 14.4. The summed E-state index contributed by atoms with van der Waals surface area (Å²) in [5, 5.41) is 0. The molecule has 1 fully saturated rings. The number of hydrogen-bond acceptors (Lipinski definition) is 3. The average Bonchev–Trinajstić information content (AvgIpc) is 2.46. The molecule has 2 N–H and O–H groups in total. The standard InChI is InChI=1S/C16H27N3/c1-4-15(17)14-9-5-6-10-16(14)19-11-7-8-13(12-19)18(2)3/h5-6,9-10,13,15H,4,7-8,11-12,17H2,1-3H3. The molecule has 3 heteroatoms. The van der Waals surface area contributed by atoms with Crippen molar-refractivity contribution >= 4 is 5.69 Å². The van der Waals surface area contributed by atoms with E-state index in [9.17, 15) is 0 Å². The molecule has 0 bridgehead atoms. The molecule has 1 heterocycles. The van der Waals surface area contributed by atoms with E-state index in [0.29, 0.717) is 6.04 Å². The van der Waals surface area contributed by atoms with Gasteiger partial charge in [0, 0.05) is 30.9 Å². The van der Waals surface area contributed by atoms with Gasteiger partial charge in [-0.05, 0) is 45.0 Å². The monoisotopic (exact) mass is 261 g/mol. The molecule has 2 atom stereocenters. The van der Waals surface area contributed by atoms with E-state index >= 15 is 0 Å². The van der Waals surface area contributed by atoms with Gasteiger partial charge in [-0.1, -0.05) is 25.1 Å². The lowest BCUT2D eigenvalue weighted by molar-refractivity contribution is 0.258. The molecule has 3 nitrogen and oxygen atoms in total. The lowest BCUT2D eigenvalue weighted by atomic mass is 9.99. The second-order valence-corrected chi connectivity index (χ2v) is 5.78. The average molecular weight is 261 g/mol. The van der Waals surface area contributed by atoms with E-state index in [1.807, 2.05) is 0 Å². The molecular formula is C16H27N3. The predicted octanol–water partition coefficient (Wildman–Crippen LogP) is 2.63. The third-order valence-electron chi connectivity index (χ3n) is 4.24. The molecule has 0 aromatic heterocycles. The van der Waals surface area contributed by atoms with Crippen molar-refractivity contribution in [3.05, 3.63) is 29.8 Å². The maximum Gasteiger partial charge on any atom is 0.0415 e. The lowest BCUT2D eigenvalue weighted by Crippen LogP contribution is -2.45. The summed E-state index contributed by atoms with van der Waals surface area (Å²) in [5.74, 6) is 0. The van der Waals surface area contributed by atoms with Crippen LogP contribution in [0.25, 0.3) is 0 Å². The van der Waals surface area contributed by atoms with Crippen LogP contribution in [0.5, 0.6) is 0 Å². The second-order valence-electron chi connectivity index (χ2n) is 5.78. The highest BCUT2D eigenvalue weighted by Gasteiger charge is 2.23. The van der Waals surface area contributed by atoms with Crippen molar-refractivity contribution in [3.8, 4) is 0 Å². The zero-order valence-electron chi connectivity index (χ0n) is 12.5. The Bertz CT molecular complexity index is 403. The van der Waals surface area contributed by atoms with Crippen LogP contribution in [0.1, 0.15) is 37.8 Å². The Morgan fingerprint density at radius 3 is 2.79 bits per heavy atom. The van der Waals surface area contributed by atoms with Crippen molar-refractivity contribution in [1.29, 1.82) is 0 Å². The van der Waals surface area contributed by atoms with Crippen molar-refractivity contribution in [2.24, 2.45) is 5.73 Å². The SMILES string of the molecule is CCC(N)c1ccccc1N1CCCC(N(C)C)C1. The number of benzene rings is 1. The Morgan fingerprint density at radius 1 is 1.37 bits per heavy atom. The molecule has 19 heavy (non-hydrogen) atoms. The number of piperidine rings is 1. The molecule has 1 aromatic rings. The summed E-state index contributed by atoms with van der Waals surface area (Å²) in [4.78, 5) is 4.85. The van der Waals surface area contributed by atoms with Crippen LogP contribution in [-0.4, -0.2) is 38.1 Å². The van der Waals surface area contributed by atoms with Crippen LogP contribution in [0.3, 0.4) is 0 Å². The first-order valence-corrected chi connectivity index (χ1v) is 7.39. The highest BCUT2D eigenvalue weighted by molar-refractivity contribution is 5.55.